The average Bonchev–Trinajstić information content (AvgIpc) is 3.28. The number of aromatic nitrogens is 1. The van der Waals surface area contributed by atoms with E-state index in [2.05, 4.69) is 10.3 Å². The van der Waals surface area contributed by atoms with Crippen molar-refractivity contribution in [2.24, 2.45) is 0 Å². The molecule has 0 spiro atoms. The zero-order chi connectivity index (χ0) is 20.5. The molecule has 0 saturated heterocycles. The lowest BCUT2D eigenvalue weighted by molar-refractivity contribution is -0.148. The first-order valence-electron chi connectivity index (χ1n) is 8.72. The number of aryl methyl sites for hydroxylation is 1. The van der Waals surface area contributed by atoms with E-state index < -0.39 is 29.2 Å². The third kappa shape index (κ3) is 3.89. The van der Waals surface area contributed by atoms with Crippen LogP contribution in [0.15, 0.2) is 24.3 Å². The normalized spacial score (nSPS) is 16.0. The number of esters is 1. The van der Waals surface area contributed by atoms with E-state index in [4.69, 9.17) is 4.74 Å². The molecule has 1 aromatic carbocycles. The molecule has 0 bridgehead atoms. The van der Waals surface area contributed by atoms with E-state index in [9.17, 15) is 22.8 Å². The van der Waals surface area contributed by atoms with Crippen LogP contribution >= 0.6 is 11.3 Å². The summed E-state index contributed by atoms with van der Waals surface area (Å²) in [6, 6.07) is 4.62. The summed E-state index contributed by atoms with van der Waals surface area (Å²) in [4.78, 5) is 29.6. The summed E-state index contributed by atoms with van der Waals surface area (Å²) in [6.45, 7) is 1.65. The monoisotopic (exact) mass is 412 g/mol. The highest BCUT2D eigenvalue weighted by Crippen LogP contribution is 2.34. The lowest BCUT2D eigenvalue weighted by Gasteiger charge is -2.26. The van der Waals surface area contributed by atoms with Crippen LogP contribution in [0.4, 0.5) is 13.2 Å². The maximum atomic E-state index is 12.8. The number of rotatable bonds is 4. The number of halogens is 3. The number of carbonyl (C=O) groups is 2. The average molecular weight is 412 g/mol. The van der Waals surface area contributed by atoms with Gasteiger partial charge in [0.1, 0.15) is 15.4 Å². The van der Waals surface area contributed by atoms with Gasteiger partial charge in [-0.05, 0) is 31.9 Å². The Morgan fingerprint density at radius 3 is 2.32 bits per heavy atom. The summed E-state index contributed by atoms with van der Waals surface area (Å²) in [6.07, 6.45) is -1.77. The van der Waals surface area contributed by atoms with Crippen molar-refractivity contribution in [3.05, 3.63) is 40.4 Å². The number of benzene rings is 1. The molecule has 5 nitrogen and oxygen atoms in total. The molecule has 0 aliphatic heterocycles. The molecule has 0 atom stereocenters. The van der Waals surface area contributed by atoms with E-state index in [0.29, 0.717) is 34.0 Å². The highest BCUT2D eigenvalue weighted by molar-refractivity contribution is 7.17. The molecule has 1 N–H and O–H groups in total. The van der Waals surface area contributed by atoms with Gasteiger partial charge in [-0.3, -0.25) is 4.79 Å². The summed E-state index contributed by atoms with van der Waals surface area (Å²) in [5.74, 6) is -0.899. The van der Waals surface area contributed by atoms with Gasteiger partial charge in [-0.25, -0.2) is 9.78 Å². The Labute approximate surface area is 163 Å². The van der Waals surface area contributed by atoms with Crippen molar-refractivity contribution in [2.45, 2.75) is 44.3 Å². The van der Waals surface area contributed by atoms with Crippen LogP contribution in [0.1, 0.15) is 46.6 Å². The van der Waals surface area contributed by atoms with Crippen LogP contribution in [0, 0.1) is 6.92 Å². The Morgan fingerprint density at radius 1 is 1.18 bits per heavy atom. The highest BCUT2D eigenvalue weighted by Gasteiger charge is 2.44. The van der Waals surface area contributed by atoms with Crippen LogP contribution in [0.25, 0.3) is 10.6 Å². The van der Waals surface area contributed by atoms with Gasteiger partial charge in [0.05, 0.1) is 18.4 Å². The molecule has 1 fully saturated rings. The standard InChI is InChI=1S/C19H19F3N2O3S/c1-11-14(15(25)24-18(17(26)27-2)9-3-4-10-18)28-16(23-11)12-5-7-13(8-6-12)19(20,21)22/h5-8H,3-4,9-10H2,1-2H3,(H,24,25). The second kappa shape index (κ2) is 7.54. The van der Waals surface area contributed by atoms with Crippen LogP contribution in [-0.4, -0.2) is 29.5 Å². The Kier molecular flexibility index (Phi) is 5.47. The zero-order valence-corrected chi connectivity index (χ0v) is 16.2. The molecular formula is C19H19F3N2O3S. The molecule has 1 saturated carbocycles. The lowest BCUT2D eigenvalue weighted by atomic mass is 9.97. The van der Waals surface area contributed by atoms with Crippen LogP contribution < -0.4 is 5.32 Å². The predicted molar refractivity (Wildman–Crippen MR) is 98.0 cm³/mol. The minimum absolute atomic E-state index is 0.324. The summed E-state index contributed by atoms with van der Waals surface area (Å²) < 4.78 is 43.0. The Bertz CT molecular complexity index is 885. The molecular weight excluding hydrogens is 393 g/mol. The zero-order valence-electron chi connectivity index (χ0n) is 15.4. The van der Waals surface area contributed by atoms with Gasteiger partial charge in [0.15, 0.2) is 0 Å². The minimum atomic E-state index is -4.41. The molecule has 0 unspecified atom stereocenters. The lowest BCUT2D eigenvalue weighted by Crippen LogP contribution is -2.53. The van der Waals surface area contributed by atoms with E-state index in [1.165, 1.54) is 19.2 Å². The largest absolute Gasteiger partial charge is 0.467 e. The highest BCUT2D eigenvalue weighted by atomic mass is 32.1. The Morgan fingerprint density at radius 2 is 1.79 bits per heavy atom. The van der Waals surface area contributed by atoms with Crippen molar-refractivity contribution < 1.29 is 27.5 Å². The number of hydrogen-bond donors (Lipinski definition) is 1. The molecule has 28 heavy (non-hydrogen) atoms. The van der Waals surface area contributed by atoms with Gasteiger partial charge in [-0.2, -0.15) is 13.2 Å². The summed E-state index contributed by atoms with van der Waals surface area (Å²) in [5, 5.41) is 3.24. The van der Waals surface area contributed by atoms with Gasteiger partial charge in [0.2, 0.25) is 0 Å². The third-order valence-electron chi connectivity index (χ3n) is 4.85. The topological polar surface area (TPSA) is 68.3 Å². The Hall–Kier alpha value is -2.42. The van der Waals surface area contributed by atoms with Gasteiger partial charge in [0.25, 0.3) is 5.91 Å². The second-order valence-electron chi connectivity index (χ2n) is 6.74. The minimum Gasteiger partial charge on any atom is -0.467 e. The van der Waals surface area contributed by atoms with Crippen LogP contribution in [0.5, 0.6) is 0 Å². The maximum Gasteiger partial charge on any atom is 0.416 e. The number of alkyl halides is 3. The van der Waals surface area contributed by atoms with Gasteiger partial charge in [-0.1, -0.05) is 25.0 Å². The van der Waals surface area contributed by atoms with Gasteiger partial charge < -0.3 is 10.1 Å². The summed E-state index contributed by atoms with van der Waals surface area (Å²) in [7, 11) is 1.29. The van der Waals surface area contributed by atoms with Crippen molar-refractivity contribution in [3.63, 3.8) is 0 Å². The van der Waals surface area contributed by atoms with E-state index >= 15 is 0 Å². The first kappa shape index (κ1) is 20.3. The quantitative estimate of drug-likeness (QED) is 0.758. The third-order valence-corrected chi connectivity index (χ3v) is 6.05. The number of methoxy groups -OCH3 is 1. The Balaban J connectivity index is 1.84. The maximum absolute atomic E-state index is 12.8. The number of hydrogen-bond acceptors (Lipinski definition) is 5. The van der Waals surface area contributed by atoms with E-state index in [1.807, 2.05) is 0 Å². The molecule has 9 heteroatoms. The van der Waals surface area contributed by atoms with Crippen molar-refractivity contribution in [1.29, 1.82) is 0 Å². The van der Waals surface area contributed by atoms with Crippen LogP contribution in [0.3, 0.4) is 0 Å². The smallest absolute Gasteiger partial charge is 0.416 e. The molecule has 150 valence electrons. The number of carbonyl (C=O) groups excluding carboxylic acids is 2. The van der Waals surface area contributed by atoms with Gasteiger partial charge >= 0.3 is 12.1 Å². The molecule has 1 aliphatic carbocycles. The van der Waals surface area contributed by atoms with Crippen LogP contribution in [0.2, 0.25) is 0 Å². The van der Waals surface area contributed by atoms with Gasteiger partial charge in [0, 0.05) is 5.56 Å². The first-order chi connectivity index (χ1) is 13.2. The summed E-state index contributed by atoms with van der Waals surface area (Å²) >= 11 is 1.08. The predicted octanol–water partition coefficient (Wildman–Crippen LogP) is 4.35. The van der Waals surface area contributed by atoms with Crippen LogP contribution in [-0.2, 0) is 15.7 Å². The van der Waals surface area contributed by atoms with Crippen molar-refractivity contribution in [1.82, 2.24) is 10.3 Å². The molecule has 1 aliphatic rings. The number of nitrogens with zero attached hydrogens (tertiary/aromatic N) is 1. The molecule has 1 heterocycles. The van der Waals surface area contributed by atoms with Crippen molar-refractivity contribution in [3.8, 4) is 10.6 Å². The molecule has 1 amide bonds. The van der Waals surface area contributed by atoms with Gasteiger partial charge in [-0.15, -0.1) is 11.3 Å². The fourth-order valence-electron chi connectivity index (χ4n) is 3.36. The first-order valence-corrected chi connectivity index (χ1v) is 9.54. The fourth-order valence-corrected chi connectivity index (χ4v) is 4.33. The van der Waals surface area contributed by atoms with Crippen molar-refractivity contribution in [2.75, 3.05) is 7.11 Å². The summed E-state index contributed by atoms with van der Waals surface area (Å²) in [5.41, 5.74) is -0.834. The molecule has 2 aromatic rings. The molecule has 0 radical (unpaired) electrons. The number of amides is 1. The second-order valence-corrected chi connectivity index (χ2v) is 7.74. The number of nitrogens with one attached hydrogen (secondary N) is 1. The van der Waals surface area contributed by atoms with E-state index in [-0.39, 0.29) is 0 Å². The molecule has 1 aromatic heterocycles. The van der Waals surface area contributed by atoms with E-state index in [1.54, 1.807) is 6.92 Å². The van der Waals surface area contributed by atoms with E-state index in [0.717, 1.165) is 36.3 Å². The molecule has 3 rings (SSSR count). The fraction of sp³-hybridized carbons (Fsp3) is 0.421. The number of thiazole rings is 1. The SMILES string of the molecule is COC(=O)C1(NC(=O)c2sc(-c3ccc(C(F)(F)F)cc3)nc2C)CCCC1. The van der Waals surface area contributed by atoms with Crippen molar-refractivity contribution >= 4 is 23.2 Å². The number of ether oxygens (including phenoxy) is 1.